The lowest BCUT2D eigenvalue weighted by Crippen LogP contribution is -2.15. The highest BCUT2D eigenvalue weighted by Gasteiger charge is 2.19. The van der Waals surface area contributed by atoms with E-state index in [2.05, 4.69) is 10.3 Å². The Morgan fingerprint density at radius 2 is 1.71 bits per heavy atom. The summed E-state index contributed by atoms with van der Waals surface area (Å²) in [5.74, 6) is -6.98. The smallest absolute Gasteiger partial charge is 0.354 e. The number of hydrogen-bond acceptors (Lipinski definition) is 2. The number of carboxylic acid groups (broad SMARTS) is 1. The van der Waals surface area contributed by atoms with Crippen molar-refractivity contribution in [2.45, 2.75) is 6.92 Å². The molecule has 0 radical (unpaired) electrons. The number of halogens is 3. The van der Waals surface area contributed by atoms with E-state index in [-0.39, 0.29) is 11.4 Å². The fourth-order valence-electron chi connectivity index (χ4n) is 1.74. The highest BCUT2D eigenvalue weighted by Crippen LogP contribution is 2.19. The van der Waals surface area contributed by atoms with Crippen molar-refractivity contribution in [1.29, 1.82) is 0 Å². The minimum atomic E-state index is -1.68. The zero-order valence-corrected chi connectivity index (χ0v) is 10.6. The third-order valence-corrected chi connectivity index (χ3v) is 2.66. The number of hydrogen-bond donors (Lipinski definition) is 3. The van der Waals surface area contributed by atoms with Gasteiger partial charge in [-0.2, -0.15) is 0 Å². The highest BCUT2D eigenvalue weighted by atomic mass is 19.2. The molecule has 0 aliphatic heterocycles. The molecule has 0 unspecified atom stereocenters. The second-order valence-corrected chi connectivity index (χ2v) is 4.25. The van der Waals surface area contributed by atoms with Crippen LogP contribution in [-0.4, -0.2) is 22.0 Å². The minimum Gasteiger partial charge on any atom is -0.477 e. The number of amides is 1. The van der Waals surface area contributed by atoms with Gasteiger partial charge >= 0.3 is 5.97 Å². The van der Waals surface area contributed by atoms with Crippen LogP contribution in [0, 0.1) is 24.4 Å². The third kappa shape index (κ3) is 2.88. The van der Waals surface area contributed by atoms with E-state index in [0.29, 0.717) is 17.8 Å². The molecule has 110 valence electrons. The Kier molecular flexibility index (Phi) is 3.70. The first-order valence-electron chi connectivity index (χ1n) is 5.68. The van der Waals surface area contributed by atoms with Crippen LogP contribution in [0.5, 0.6) is 0 Å². The molecule has 5 nitrogen and oxygen atoms in total. The summed E-state index contributed by atoms with van der Waals surface area (Å²) < 4.78 is 38.9. The van der Waals surface area contributed by atoms with Crippen LogP contribution >= 0.6 is 0 Å². The van der Waals surface area contributed by atoms with Crippen LogP contribution in [0.1, 0.15) is 26.5 Å². The van der Waals surface area contributed by atoms with Gasteiger partial charge in [0.05, 0.1) is 5.69 Å². The quantitative estimate of drug-likeness (QED) is 0.762. The van der Waals surface area contributed by atoms with Crippen LogP contribution in [0.2, 0.25) is 0 Å². The van der Waals surface area contributed by atoms with Crippen LogP contribution in [0.25, 0.3) is 0 Å². The van der Waals surface area contributed by atoms with Crippen molar-refractivity contribution < 1.29 is 27.9 Å². The molecule has 3 N–H and O–H groups in total. The summed E-state index contributed by atoms with van der Waals surface area (Å²) in [6.07, 6.45) is 0. The Morgan fingerprint density at radius 3 is 2.24 bits per heavy atom. The van der Waals surface area contributed by atoms with E-state index >= 15 is 0 Å². The van der Waals surface area contributed by atoms with Gasteiger partial charge in [0.25, 0.3) is 5.91 Å². The fraction of sp³-hybridized carbons (Fsp3) is 0.0769. The molecule has 0 saturated carbocycles. The number of carboxylic acids is 1. The third-order valence-electron chi connectivity index (χ3n) is 2.66. The average molecular weight is 298 g/mol. The number of aromatic carboxylic acids is 1. The molecule has 2 aromatic rings. The summed E-state index contributed by atoms with van der Waals surface area (Å²) in [7, 11) is 0. The van der Waals surface area contributed by atoms with Crippen molar-refractivity contribution in [3.8, 4) is 0 Å². The number of benzene rings is 1. The van der Waals surface area contributed by atoms with E-state index < -0.39 is 34.9 Å². The second-order valence-electron chi connectivity index (χ2n) is 4.25. The van der Waals surface area contributed by atoms with E-state index in [1.165, 1.54) is 6.07 Å². The molecule has 1 aromatic heterocycles. The van der Waals surface area contributed by atoms with Gasteiger partial charge in [-0.25, -0.2) is 18.0 Å². The van der Waals surface area contributed by atoms with Crippen LogP contribution in [-0.2, 0) is 0 Å². The molecule has 0 fully saturated rings. The molecule has 1 heterocycles. The Labute approximate surface area is 116 Å². The minimum absolute atomic E-state index is 0.0601. The Balaban J connectivity index is 2.32. The molecular formula is C13H9F3N2O3. The van der Waals surface area contributed by atoms with Gasteiger partial charge in [0.1, 0.15) is 5.69 Å². The number of anilines is 1. The number of nitrogens with one attached hydrogen (secondary N) is 2. The van der Waals surface area contributed by atoms with E-state index in [4.69, 9.17) is 5.11 Å². The monoisotopic (exact) mass is 298 g/mol. The zero-order chi connectivity index (χ0) is 15.7. The number of aryl methyl sites for hydroxylation is 1. The van der Waals surface area contributed by atoms with Crippen LogP contribution in [0.4, 0.5) is 18.9 Å². The van der Waals surface area contributed by atoms with Gasteiger partial charge in [0, 0.05) is 11.3 Å². The second kappa shape index (κ2) is 5.31. The van der Waals surface area contributed by atoms with Crippen molar-refractivity contribution in [3.63, 3.8) is 0 Å². The molecule has 0 atom stereocenters. The predicted octanol–water partition coefficient (Wildman–Crippen LogP) is 2.69. The lowest BCUT2D eigenvalue weighted by atomic mass is 10.2. The molecular weight excluding hydrogens is 289 g/mol. The first-order valence-corrected chi connectivity index (χ1v) is 5.68. The summed E-state index contributed by atoms with van der Waals surface area (Å²) in [5.41, 5.74) is -0.334. The molecule has 8 heteroatoms. The topological polar surface area (TPSA) is 82.2 Å². The zero-order valence-electron chi connectivity index (χ0n) is 10.6. The SMILES string of the molecule is Cc1cc(NC(=O)c2cc(F)c(F)c(F)c2)c(C(=O)O)[nH]1. The van der Waals surface area contributed by atoms with Gasteiger partial charge in [-0.05, 0) is 25.1 Å². The molecule has 1 aromatic carbocycles. The summed E-state index contributed by atoms with van der Waals surface area (Å²) in [4.78, 5) is 25.3. The van der Waals surface area contributed by atoms with Gasteiger partial charge in [0.15, 0.2) is 17.5 Å². The Hall–Kier alpha value is -2.77. The molecule has 0 spiro atoms. The number of rotatable bonds is 3. The maximum absolute atomic E-state index is 13.1. The van der Waals surface area contributed by atoms with Crippen molar-refractivity contribution in [2.75, 3.05) is 5.32 Å². The molecule has 1 amide bonds. The average Bonchev–Trinajstić information content (AvgIpc) is 2.76. The Morgan fingerprint density at radius 1 is 1.14 bits per heavy atom. The van der Waals surface area contributed by atoms with Crippen LogP contribution < -0.4 is 5.32 Å². The first kappa shape index (κ1) is 14.6. The van der Waals surface area contributed by atoms with Crippen molar-refractivity contribution >= 4 is 17.6 Å². The number of carbonyl (C=O) groups is 2. The van der Waals surface area contributed by atoms with Crippen LogP contribution in [0.3, 0.4) is 0 Å². The summed E-state index contributed by atoms with van der Waals surface area (Å²) >= 11 is 0. The van der Waals surface area contributed by atoms with E-state index in [0.717, 1.165) is 0 Å². The lowest BCUT2D eigenvalue weighted by Gasteiger charge is -2.05. The number of carbonyl (C=O) groups excluding carboxylic acids is 1. The van der Waals surface area contributed by atoms with Gasteiger partial charge in [0.2, 0.25) is 0 Å². The summed E-state index contributed by atoms with van der Waals surface area (Å²) in [6.45, 7) is 1.57. The summed E-state index contributed by atoms with van der Waals surface area (Å²) in [5, 5.41) is 11.1. The van der Waals surface area contributed by atoms with E-state index in [9.17, 15) is 22.8 Å². The predicted molar refractivity (Wildman–Crippen MR) is 66.8 cm³/mol. The molecule has 21 heavy (non-hydrogen) atoms. The van der Waals surface area contributed by atoms with Gasteiger partial charge in [-0.1, -0.05) is 0 Å². The lowest BCUT2D eigenvalue weighted by molar-refractivity contribution is 0.0692. The molecule has 0 saturated heterocycles. The van der Waals surface area contributed by atoms with Crippen LogP contribution in [0.15, 0.2) is 18.2 Å². The maximum atomic E-state index is 13.1. The van der Waals surface area contributed by atoms with Gasteiger partial charge in [-0.3, -0.25) is 4.79 Å². The molecule has 0 aliphatic rings. The molecule has 2 rings (SSSR count). The van der Waals surface area contributed by atoms with Crippen molar-refractivity contribution in [2.24, 2.45) is 0 Å². The fourth-order valence-corrected chi connectivity index (χ4v) is 1.74. The number of H-pyrrole nitrogens is 1. The van der Waals surface area contributed by atoms with Gasteiger partial charge in [-0.15, -0.1) is 0 Å². The summed E-state index contributed by atoms with van der Waals surface area (Å²) in [6, 6.07) is 2.39. The number of aromatic amines is 1. The maximum Gasteiger partial charge on any atom is 0.354 e. The van der Waals surface area contributed by atoms with E-state index in [1.807, 2.05) is 0 Å². The van der Waals surface area contributed by atoms with E-state index in [1.54, 1.807) is 6.92 Å². The normalized spacial score (nSPS) is 10.5. The van der Waals surface area contributed by atoms with Gasteiger partial charge < -0.3 is 15.4 Å². The van der Waals surface area contributed by atoms with Crippen molar-refractivity contribution in [1.82, 2.24) is 4.98 Å². The Bertz CT molecular complexity index is 717. The standard InChI is InChI=1S/C13H9F3N2O3/c1-5-2-9(11(17-5)13(20)21)18-12(19)6-3-7(14)10(16)8(15)4-6/h2-4,17H,1H3,(H,18,19)(H,20,21). The highest BCUT2D eigenvalue weighted by molar-refractivity contribution is 6.07. The molecule has 0 aliphatic carbocycles. The first-order chi connectivity index (χ1) is 9.79. The van der Waals surface area contributed by atoms with Crippen molar-refractivity contribution in [3.05, 3.63) is 52.6 Å². The largest absolute Gasteiger partial charge is 0.477 e. The number of aromatic nitrogens is 1. The molecule has 0 bridgehead atoms.